The third-order valence-corrected chi connectivity index (χ3v) is 4.41. The Morgan fingerprint density at radius 3 is 2.88 bits per heavy atom. The highest BCUT2D eigenvalue weighted by molar-refractivity contribution is 5.22. The van der Waals surface area contributed by atoms with Crippen molar-refractivity contribution in [1.82, 2.24) is 20.1 Å². The molecular weight excluding hydrogens is 335 g/mol. The van der Waals surface area contributed by atoms with Crippen molar-refractivity contribution in [2.45, 2.75) is 25.5 Å². The number of halogens is 1. The number of benzene rings is 1. The molecule has 1 aliphatic heterocycles. The van der Waals surface area contributed by atoms with Gasteiger partial charge in [-0.1, -0.05) is 6.07 Å². The van der Waals surface area contributed by atoms with Gasteiger partial charge in [-0.25, -0.2) is 4.39 Å². The number of hydrogen-bond donors (Lipinski definition) is 0. The third kappa shape index (κ3) is 4.05. The van der Waals surface area contributed by atoms with E-state index < -0.39 is 0 Å². The van der Waals surface area contributed by atoms with E-state index in [1.165, 1.54) is 17.7 Å². The molecule has 4 rings (SSSR count). The van der Waals surface area contributed by atoms with Gasteiger partial charge in [0.05, 0.1) is 5.92 Å². The normalized spacial score (nSPS) is 17.5. The second-order valence-electron chi connectivity index (χ2n) is 6.36. The Morgan fingerprint density at radius 2 is 2.08 bits per heavy atom. The molecule has 1 aliphatic rings. The van der Waals surface area contributed by atoms with Crippen molar-refractivity contribution in [3.8, 4) is 5.75 Å². The molecular formula is C19H19FN4O2. The molecule has 0 unspecified atom stereocenters. The minimum absolute atomic E-state index is 0.171. The number of hydrogen-bond acceptors (Lipinski definition) is 6. The fourth-order valence-corrected chi connectivity index (χ4v) is 3.09. The molecule has 134 valence electrons. The van der Waals surface area contributed by atoms with Gasteiger partial charge in [-0.05, 0) is 48.9 Å². The minimum atomic E-state index is -0.297. The highest BCUT2D eigenvalue weighted by Gasteiger charge is 2.28. The Morgan fingerprint density at radius 1 is 1.19 bits per heavy atom. The summed E-state index contributed by atoms with van der Waals surface area (Å²) in [5, 5.41) is 8.23. The summed E-state index contributed by atoms with van der Waals surface area (Å²) in [6.45, 7) is 2.92. The highest BCUT2D eigenvalue weighted by atomic mass is 19.1. The molecule has 1 aromatic carbocycles. The van der Waals surface area contributed by atoms with E-state index in [4.69, 9.17) is 9.15 Å². The Balaban J connectivity index is 1.31. The van der Waals surface area contributed by atoms with Gasteiger partial charge < -0.3 is 9.15 Å². The monoisotopic (exact) mass is 354 g/mol. The van der Waals surface area contributed by atoms with Gasteiger partial charge in [0.1, 0.15) is 11.6 Å². The van der Waals surface area contributed by atoms with Crippen LogP contribution in [0.5, 0.6) is 5.75 Å². The molecule has 0 aliphatic carbocycles. The van der Waals surface area contributed by atoms with E-state index in [2.05, 4.69) is 26.1 Å². The Labute approximate surface area is 150 Å². The van der Waals surface area contributed by atoms with Crippen LogP contribution in [-0.2, 0) is 13.2 Å². The van der Waals surface area contributed by atoms with Gasteiger partial charge in [0.25, 0.3) is 5.89 Å². The zero-order valence-electron chi connectivity index (χ0n) is 14.2. The van der Waals surface area contributed by atoms with E-state index in [0.29, 0.717) is 17.5 Å². The Hall–Kier alpha value is -2.80. The average Bonchev–Trinajstić information content (AvgIpc) is 3.31. The molecule has 6 nitrogen and oxygen atoms in total. The van der Waals surface area contributed by atoms with Crippen molar-refractivity contribution in [2.24, 2.45) is 0 Å². The van der Waals surface area contributed by atoms with Crippen LogP contribution in [0.4, 0.5) is 4.39 Å². The number of nitrogens with zero attached hydrogens (tertiary/aromatic N) is 4. The van der Waals surface area contributed by atoms with E-state index in [0.717, 1.165) is 26.1 Å². The maximum atomic E-state index is 12.9. The SMILES string of the molecule is Fc1ccc(OCc2nnc([C@H]3CCN(Cc4cccnc4)C3)o2)cc1. The topological polar surface area (TPSA) is 64.3 Å². The van der Waals surface area contributed by atoms with Crippen LogP contribution < -0.4 is 4.74 Å². The van der Waals surface area contributed by atoms with E-state index in [9.17, 15) is 4.39 Å². The van der Waals surface area contributed by atoms with Crippen molar-refractivity contribution >= 4 is 0 Å². The van der Waals surface area contributed by atoms with Crippen LogP contribution in [0.25, 0.3) is 0 Å². The largest absolute Gasteiger partial charge is 0.484 e. The molecule has 1 saturated heterocycles. The van der Waals surface area contributed by atoms with Crippen LogP contribution in [0.15, 0.2) is 53.2 Å². The average molecular weight is 354 g/mol. The maximum Gasteiger partial charge on any atom is 0.253 e. The number of aromatic nitrogens is 3. The molecule has 26 heavy (non-hydrogen) atoms. The second kappa shape index (κ2) is 7.61. The van der Waals surface area contributed by atoms with Crippen molar-refractivity contribution in [3.63, 3.8) is 0 Å². The summed E-state index contributed by atoms with van der Waals surface area (Å²) < 4.78 is 24.2. The van der Waals surface area contributed by atoms with Crippen LogP contribution in [-0.4, -0.2) is 33.2 Å². The first-order valence-corrected chi connectivity index (χ1v) is 8.58. The third-order valence-electron chi connectivity index (χ3n) is 4.41. The fraction of sp³-hybridized carbons (Fsp3) is 0.316. The summed E-state index contributed by atoms with van der Waals surface area (Å²) >= 11 is 0. The smallest absolute Gasteiger partial charge is 0.253 e. The first-order valence-electron chi connectivity index (χ1n) is 8.58. The van der Waals surface area contributed by atoms with Gasteiger partial charge >= 0.3 is 0 Å². The molecule has 3 heterocycles. The van der Waals surface area contributed by atoms with Gasteiger partial charge in [0.15, 0.2) is 6.61 Å². The van der Waals surface area contributed by atoms with Crippen LogP contribution in [0.1, 0.15) is 29.7 Å². The molecule has 3 aromatic rings. The molecule has 0 radical (unpaired) electrons. The zero-order chi connectivity index (χ0) is 17.8. The van der Waals surface area contributed by atoms with Crippen molar-refractivity contribution in [2.75, 3.05) is 13.1 Å². The molecule has 0 spiro atoms. The van der Waals surface area contributed by atoms with Crippen molar-refractivity contribution < 1.29 is 13.5 Å². The second-order valence-corrected chi connectivity index (χ2v) is 6.36. The lowest BCUT2D eigenvalue weighted by atomic mass is 10.1. The summed E-state index contributed by atoms with van der Waals surface area (Å²) in [7, 11) is 0. The molecule has 7 heteroatoms. The lowest BCUT2D eigenvalue weighted by Crippen LogP contribution is -2.19. The van der Waals surface area contributed by atoms with Crippen molar-refractivity contribution in [3.05, 3.63) is 72.0 Å². The van der Waals surface area contributed by atoms with E-state index in [-0.39, 0.29) is 18.3 Å². The standard InChI is InChI=1S/C19H19FN4O2/c20-16-3-5-17(6-4-16)25-13-18-22-23-19(26-18)15-7-9-24(12-15)11-14-2-1-8-21-10-14/h1-6,8,10,15H,7,9,11-13H2/t15-/m0/s1. The first kappa shape index (κ1) is 16.7. The Bertz CT molecular complexity index is 838. The molecule has 0 N–H and O–H groups in total. The lowest BCUT2D eigenvalue weighted by molar-refractivity contribution is 0.255. The minimum Gasteiger partial charge on any atom is -0.484 e. The van der Waals surface area contributed by atoms with Gasteiger partial charge in [-0.2, -0.15) is 0 Å². The van der Waals surface area contributed by atoms with Crippen LogP contribution in [0.2, 0.25) is 0 Å². The van der Waals surface area contributed by atoms with Gasteiger partial charge in [-0.3, -0.25) is 9.88 Å². The number of likely N-dealkylation sites (tertiary alicyclic amines) is 1. The van der Waals surface area contributed by atoms with Crippen LogP contribution in [0.3, 0.4) is 0 Å². The summed E-state index contributed by atoms with van der Waals surface area (Å²) in [5.41, 5.74) is 1.20. The number of rotatable bonds is 6. The number of pyridine rings is 1. The van der Waals surface area contributed by atoms with Gasteiger partial charge in [-0.15, -0.1) is 10.2 Å². The molecule has 0 amide bonds. The summed E-state index contributed by atoms with van der Waals surface area (Å²) in [4.78, 5) is 6.52. The lowest BCUT2D eigenvalue weighted by Gasteiger charge is -2.14. The first-order chi connectivity index (χ1) is 12.8. The zero-order valence-corrected chi connectivity index (χ0v) is 14.2. The number of ether oxygens (including phenoxy) is 1. The van der Waals surface area contributed by atoms with Gasteiger partial charge in [0, 0.05) is 25.5 Å². The fourth-order valence-electron chi connectivity index (χ4n) is 3.09. The van der Waals surface area contributed by atoms with E-state index in [1.54, 1.807) is 18.3 Å². The summed E-state index contributed by atoms with van der Waals surface area (Å²) in [6.07, 6.45) is 4.66. The van der Waals surface area contributed by atoms with E-state index >= 15 is 0 Å². The maximum absolute atomic E-state index is 12.9. The predicted octanol–water partition coefficient (Wildman–Crippen LogP) is 3.17. The van der Waals surface area contributed by atoms with Gasteiger partial charge in [0.2, 0.25) is 5.89 Å². The molecule has 1 fully saturated rings. The van der Waals surface area contributed by atoms with E-state index in [1.807, 2.05) is 12.3 Å². The molecule has 0 bridgehead atoms. The summed E-state index contributed by atoms with van der Waals surface area (Å²) in [6, 6.07) is 9.87. The summed E-state index contributed by atoms with van der Waals surface area (Å²) in [5.74, 6) is 1.58. The van der Waals surface area contributed by atoms with Crippen LogP contribution in [0, 0.1) is 5.82 Å². The van der Waals surface area contributed by atoms with Crippen molar-refractivity contribution in [1.29, 1.82) is 0 Å². The predicted molar refractivity (Wildman–Crippen MR) is 91.9 cm³/mol. The molecule has 1 atom stereocenters. The molecule has 0 saturated carbocycles. The highest BCUT2D eigenvalue weighted by Crippen LogP contribution is 2.27. The quantitative estimate of drug-likeness (QED) is 0.677. The molecule has 2 aromatic heterocycles. The Kier molecular flexibility index (Phi) is 4.88. The van der Waals surface area contributed by atoms with Crippen LogP contribution >= 0.6 is 0 Å².